The highest BCUT2D eigenvalue weighted by Crippen LogP contribution is 2.31. The number of hydrogen-bond donors (Lipinski definition) is 1. The summed E-state index contributed by atoms with van der Waals surface area (Å²) in [7, 11) is -2.44. The number of likely N-dealkylation sites (N-methyl/N-ethyl adjacent to an activating group) is 1. The van der Waals surface area contributed by atoms with E-state index in [-0.39, 0.29) is 22.3 Å². The number of anilines is 1. The van der Waals surface area contributed by atoms with Crippen LogP contribution in [0.5, 0.6) is 0 Å². The van der Waals surface area contributed by atoms with E-state index >= 15 is 0 Å². The molecule has 11 heteroatoms. The monoisotopic (exact) mass is 505 g/mol. The Morgan fingerprint density at radius 1 is 1.06 bits per heavy atom. The number of nitrogens with one attached hydrogen (secondary N) is 1. The molecule has 0 heterocycles. The lowest BCUT2D eigenvalue weighted by molar-refractivity contribution is -0.139. The van der Waals surface area contributed by atoms with Gasteiger partial charge in [-0.05, 0) is 42.8 Å². The number of rotatable bonds is 8. The third kappa shape index (κ3) is 6.74. The lowest BCUT2D eigenvalue weighted by Gasteiger charge is -2.31. The zero-order chi connectivity index (χ0) is 23.3. The van der Waals surface area contributed by atoms with Crippen molar-refractivity contribution in [1.29, 1.82) is 0 Å². The van der Waals surface area contributed by atoms with Crippen LogP contribution in [0.4, 0.5) is 5.69 Å². The van der Waals surface area contributed by atoms with E-state index in [1.807, 2.05) is 0 Å². The van der Waals surface area contributed by atoms with E-state index < -0.39 is 34.4 Å². The third-order valence-corrected chi connectivity index (χ3v) is 6.43. The van der Waals surface area contributed by atoms with Gasteiger partial charge in [0.1, 0.15) is 12.6 Å². The van der Waals surface area contributed by atoms with Crippen LogP contribution < -0.4 is 9.62 Å². The molecule has 2 aromatic carbocycles. The maximum absolute atomic E-state index is 13.3. The van der Waals surface area contributed by atoms with Crippen LogP contribution in [-0.4, -0.2) is 51.0 Å². The molecule has 1 atom stereocenters. The van der Waals surface area contributed by atoms with Gasteiger partial charge in [-0.2, -0.15) is 0 Å². The molecule has 0 bridgehead atoms. The first-order valence-corrected chi connectivity index (χ1v) is 12.1. The Hall–Kier alpha value is -2.00. The molecular weight excluding hydrogens is 485 g/mol. The zero-order valence-electron chi connectivity index (χ0n) is 17.1. The van der Waals surface area contributed by atoms with Crippen LogP contribution in [0.2, 0.25) is 15.1 Å². The Morgan fingerprint density at radius 3 is 2.29 bits per heavy atom. The van der Waals surface area contributed by atoms with Gasteiger partial charge in [-0.1, -0.05) is 46.9 Å². The minimum absolute atomic E-state index is 0.0505. The molecule has 0 aromatic heterocycles. The number of sulfonamides is 1. The number of halogens is 3. The van der Waals surface area contributed by atoms with E-state index in [1.54, 1.807) is 31.2 Å². The van der Waals surface area contributed by atoms with E-state index in [0.29, 0.717) is 10.6 Å². The molecule has 0 aliphatic rings. The van der Waals surface area contributed by atoms with Gasteiger partial charge in [0.15, 0.2) is 0 Å². The van der Waals surface area contributed by atoms with Gasteiger partial charge >= 0.3 is 0 Å². The molecule has 0 fully saturated rings. The predicted octanol–water partition coefficient (Wildman–Crippen LogP) is 3.58. The summed E-state index contributed by atoms with van der Waals surface area (Å²) in [5.74, 6) is -1.00. The Kier molecular flexibility index (Phi) is 8.59. The number of nitrogens with zero attached hydrogens (tertiary/aromatic N) is 2. The van der Waals surface area contributed by atoms with Gasteiger partial charge in [0.25, 0.3) is 0 Å². The van der Waals surface area contributed by atoms with E-state index in [4.69, 9.17) is 34.8 Å². The largest absolute Gasteiger partial charge is 0.357 e. The molecule has 31 heavy (non-hydrogen) atoms. The predicted molar refractivity (Wildman–Crippen MR) is 124 cm³/mol. The lowest BCUT2D eigenvalue weighted by atomic mass is 10.1. The standard InChI is InChI=1S/C20H22Cl3N3O4S/c1-13(20(28)24-2)25(11-14-5-4-6-15(21)9-14)19(27)12-26(31(3,29)30)18-10-16(22)7-8-17(18)23/h4-10,13H,11-12H2,1-3H3,(H,24,28)/t13-/m1/s1. The van der Waals surface area contributed by atoms with E-state index in [9.17, 15) is 18.0 Å². The summed E-state index contributed by atoms with van der Waals surface area (Å²) in [6.45, 7) is 1.04. The molecule has 2 aromatic rings. The van der Waals surface area contributed by atoms with Gasteiger partial charge in [0, 0.05) is 23.6 Å². The molecule has 2 rings (SSSR count). The van der Waals surface area contributed by atoms with Crippen LogP contribution in [0.3, 0.4) is 0 Å². The van der Waals surface area contributed by atoms with Crippen LogP contribution in [0, 0.1) is 0 Å². The Bertz CT molecular complexity index is 1080. The van der Waals surface area contributed by atoms with Gasteiger partial charge in [-0.3, -0.25) is 13.9 Å². The van der Waals surface area contributed by atoms with Crippen LogP contribution in [-0.2, 0) is 26.2 Å². The summed E-state index contributed by atoms with van der Waals surface area (Å²) < 4.78 is 25.8. The molecule has 168 valence electrons. The first-order chi connectivity index (χ1) is 14.4. The number of benzene rings is 2. The van der Waals surface area contributed by atoms with Crippen molar-refractivity contribution in [1.82, 2.24) is 10.2 Å². The topological polar surface area (TPSA) is 86.8 Å². The molecule has 0 aliphatic heterocycles. The third-order valence-electron chi connectivity index (χ3n) is 4.51. The SMILES string of the molecule is CNC(=O)[C@@H](C)N(Cc1cccc(Cl)c1)C(=O)CN(c1cc(Cl)ccc1Cl)S(C)(=O)=O. The molecular formula is C20H22Cl3N3O4S. The molecule has 2 amide bonds. The van der Waals surface area contributed by atoms with Crippen molar-refractivity contribution in [2.45, 2.75) is 19.5 Å². The van der Waals surface area contributed by atoms with Crippen molar-refractivity contribution in [2.75, 3.05) is 24.2 Å². The Balaban J connectivity index is 2.43. The summed E-state index contributed by atoms with van der Waals surface area (Å²) >= 11 is 18.2. The number of amides is 2. The fraction of sp³-hybridized carbons (Fsp3) is 0.300. The highest BCUT2D eigenvalue weighted by molar-refractivity contribution is 7.92. The number of carbonyl (C=O) groups is 2. The molecule has 0 spiro atoms. The average Bonchev–Trinajstić information content (AvgIpc) is 2.70. The minimum atomic E-state index is -3.90. The summed E-state index contributed by atoms with van der Waals surface area (Å²) in [5.41, 5.74) is 0.753. The lowest BCUT2D eigenvalue weighted by Crippen LogP contribution is -2.50. The fourth-order valence-corrected chi connectivity index (χ4v) is 4.40. The van der Waals surface area contributed by atoms with Crippen molar-refractivity contribution in [2.24, 2.45) is 0 Å². The van der Waals surface area contributed by atoms with Gasteiger partial charge in [0.2, 0.25) is 21.8 Å². The highest BCUT2D eigenvalue weighted by atomic mass is 35.5. The molecule has 0 aliphatic carbocycles. The first-order valence-electron chi connectivity index (χ1n) is 9.12. The number of carbonyl (C=O) groups excluding carboxylic acids is 2. The second-order valence-electron chi connectivity index (χ2n) is 6.81. The normalized spacial score (nSPS) is 12.2. The molecule has 1 N–H and O–H groups in total. The average molecular weight is 507 g/mol. The summed E-state index contributed by atoms with van der Waals surface area (Å²) in [6, 6.07) is 10.3. The quantitative estimate of drug-likeness (QED) is 0.593. The van der Waals surface area contributed by atoms with Crippen molar-refractivity contribution in [3.63, 3.8) is 0 Å². The summed E-state index contributed by atoms with van der Waals surface area (Å²) in [5, 5.41) is 3.35. The van der Waals surface area contributed by atoms with Gasteiger partial charge in [-0.15, -0.1) is 0 Å². The van der Waals surface area contributed by atoms with E-state index in [1.165, 1.54) is 30.1 Å². The molecule has 0 saturated heterocycles. The smallest absolute Gasteiger partial charge is 0.244 e. The van der Waals surface area contributed by atoms with Crippen molar-refractivity contribution < 1.29 is 18.0 Å². The highest BCUT2D eigenvalue weighted by Gasteiger charge is 2.30. The maximum atomic E-state index is 13.3. The van der Waals surface area contributed by atoms with Crippen LogP contribution in [0.15, 0.2) is 42.5 Å². The van der Waals surface area contributed by atoms with E-state index in [2.05, 4.69) is 5.32 Å². The first kappa shape index (κ1) is 25.3. The summed E-state index contributed by atoms with van der Waals surface area (Å²) in [6.07, 6.45) is 0.959. The van der Waals surface area contributed by atoms with Crippen molar-refractivity contribution in [3.8, 4) is 0 Å². The second-order valence-corrected chi connectivity index (χ2v) is 9.99. The van der Waals surface area contributed by atoms with Crippen LogP contribution in [0.25, 0.3) is 0 Å². The maximum Gasteiger partial charge on any atom is 0.244 e. The number of hydrogen-bond acceptors (Lipinski definition) is 4. The minimum Gasteiger partial charge on any atom is -0.357 e. The van der Waals surface area contributed by atoms with Crippen LogP contribution >= 0.6 is 34.8 Å². The summed E-state index contributed by atoms with van der Waals surface area (Å²) in [4.78, 5) is 26.8. The molecule has 0 saturated carbocycles. The Labute approximate surface area is 196 Å². The second kappa shape index (κ2) is 10.5. The Morgan fingerprint density at radius 2 is 1.71 bits per heavy atom. The molecule has 0 radical (unpaired) electrons. The fourth-order valence-electron chi connectivity index (χ4n) is 2.90. The van der Waals surface area contributed by atoms with Crippen molar-refractivity contribution in [3.05, 3.63) is 63.1 Å². The van der Waals surface area contributed by atoms with E-state index in [0.717, 1.165) is 10.6 Å². The zero-order valence-corrected chi connectivity index (χ0v) is 20.2. The van der Waals surface area contributed by atoms with Gasteiger partial charge in [0.05, 0.1) is 17.0 Å². The van der Waals surface area contributed by atoms with Crippen LogP contribution in [0.1, 0.15) is 12.5 Å². The van der Waals surface area contributed by atoms with Crippen molar-refractivity contribution >= 4 is 62.3 Å². The molecule has 7 nitrogen and oxygen atoms in total. The van der Waals surface area contributed by atoms with Gasteiger partial charge < -0.3 is 10.2 Å². The van der Waals surface area contributed by atoms with Gasteiger partial charge in [-0.25, -0.2) is 8.42 Å². The molecule has 0 unspecified atom stereocenters.